The highest BCUT2D eigenvalue weighted by molar-refractivity contribution is 7.14. The molecule has 0 aliphatic rings. The predicted octanol–water partition coefficient (Wildman–Crippen LogP) is 7.65. The monoisotopic (exact) mass is 547 g/mol. The summed E-state index contributed by atoms with van der Waals surface area (Å²) >= 11 is 1.35. The van der Waals surface area contributed by atoms with Crippen LogP contribution in [0.3, 0.4) is 0 Å². The van der Waals surface area contributed by atoms with Gasteiger partial charge in [0.1, 0.15) is 11.9 Å². The molecule has 1 atom stereocenters. The molecular formula is C29H32F3NO4S. The van der Waals surface area contributed by atoms with Crippen molar-refractivity contribution < 1.29 is 32.2 Å². The van der Waals surface area contributed by atoms with Crippen molar-refractivity contribution >= 4 is 23.2 Å². The van der Waals surface area contributed by atoms with Gasteiger partial charge in [-0.3, -0.25) is 9.59 Å². The van der Waals surface area contributed by atoms with Crippen LogP contribution in [0.25, 0.3) is 11.1 Å². The van der Waals surface area contributed by atoms with E-state index >= 15 is 0 Å². The maximum atomic E-state index is 13.0. The van der Waals surface area contributed by atoms with Crippen LogP contribution in [-0.2, 0) is 15.7 Å². The van der Waals surface area contributed by atoms with E-state index in [0.717, 1.165) is 53.0 Å². The highest BCUT2D eigenvalue weighted by Crippen LogP contribution is 2.37. The summed E-state index contributed by atoms with van der Waals surface area (Å²) in [6, 6.07) is 12.6. The van der Waals surface area contributed by atoms with Crippen molar-refractivity contribution in [1.82, 2.24) is 5.32 Å². The Kier molecular flexibility index (Phi) is 9.96. The second-order valence-electron chi connectivity index (χ2n) is 9.04. The number of rotatable bonds is 11. The molecule has 0 fully saturated rings. The maximum Gasteiger partial charge on any atom is 0.416 e. The lowest BCUT2D eigenvalue weighted by Crippen LogP contribution is -2.25. The van der Waals surface area contributed by atoms with E-state index < -0.39 is 11.7 Å². The number of benzene rings is 2. The molecule has 0 aliphatic carbocycles. The molecule has 3 rings (SSSR count). The standard InChI is InChI=1S/C29H32F3NO4S/c1-5-6-7-23(24-12-13-25(38-24)28(35)33-15-14-26(34)36-4)37-22-16-18(2)27(19(3)17-22)20-8-10-21(11-9-20)29(30,31)32/h8-13,16-17,23H,5-7,14-15H2,1-4H3,(H,33,35). The number of unbranched alkanes of at least 4 members (excludes halogenated alkanes) is 1. The summed E-state index contributed by atoms with van der Waals surface area (Å²) in [6.45, 7) is 6.11. The molecule has 1 heterocycles. The molecule has 3 aromatic rings. The van der Waals surface area contributed by atoms with E-state index in [0.29, 0.717) is 16.2 Å². The molecule has 2 aromatic carbocycles. The summed E-state index contributed by atoms with van der Waals surface area (Å²) in [5.41, 5.74) is 2.70. The zero-order valence-corrected chi connectivity index (χ0v) is 22.7. The normalized spacial score (nSPS) is 12.2. The van der Waals surface area contributed by atoms with E-state index in [1.54, 1.807) is 6.07 Å². The minimum Gasteiger partial charge on any atom is -0.485 e. The van der Waals surface area contributed by atoms with Gasteiger partial charge in [-0.05, 0) is 85.3 Å². The van der Waals surface area contributed by atoms with Crippen molar-refractivity contribution in [3.05, 3.63) is 75.0 Å². The Hall–Kier alpha value is -3.33. The molecule has 1 unspecified atom stereocenters. The zero-order valence-electron chi connectivity index (χ0n) is 21.9. The number of ether oxygens (including phenoxy) is 2. The molecule has 9 heteroatoms. The third kappa shape index (κ3) is 7.60. The number of esters is 1. The SMILES string of the molecule is CCCCC(Oc1cc(C)c(-c2ccc(C(F)(F)F)cc2)c(C)c1)c1ccc(C(=O)NCCC(=O)OC)s1. The van der Waals surface area contributed by atoms with Gasteiger partial charge in [0.25, 0.3) is 5.91 Å². The van der Waals surface area contributed by atoms with Gasteiger partial charge in [-0.15, -0.1) is 11.3 Å². The molecule has 0 aliphatic heterocycles. The van der Waals surface area contributed by atoms with Crippen LogP contribution < -0.4 is 10.1 Å². The van der Waals surface area contributed by atoms with Gasteiger partial charge >= 0.3 is 12.1 Å². The first-order valence-electron chi connectivity index (χ1n) is 12.4. The van der Waals surface area contributed by atoms with Gasteiger partial charge in [-0.2, -0.15) is 13.2 Å². The summed E-state index contributed by atoms with van der Waals surface area (Å²) in [6.07, 6.45) is -1.85. The third-order valence-corrected chi connectivity index (χ3v) is 7.29. The minimum absolute atomic E-state index is 0.101. The molecule has 38 heavy (non-hydrogen) atoms. The first kappa shape index (κ1) is 29.2. The first-order valence-corrected chi connectivity index (χ1v) is 13.3. The highest BCUT2D eigenvalue weighted by Gasteiger charge is 2.30. The number of hydrogen-bond acceptors (Lipinski definition) is 5. The average molecular weight is 548 g/mol. The lowest BCUT2D eigenvalue weighted by atomic mass is 9.94. The van der Waals surface area contributed by atoms with Crippen molar-refractivity contribution in [2.75, 3.05) is 13.7 Å². The van der Waals surface area contributed by atoms with Gasteiger partial charge in [0, 0.05) is 11.4 Å². The fourth-order valence-electron chi connectivity index (χ4n) is 4.20. The molecule has 204 valence electrons. The van der Waals surface area contributed by atoms with Crippen LogP contribution >= 0.6 is 11.3 Å². The van der Waals surface area contributed by atoms with Crippen molar-refractivity contribution in [3.63, 3.8) is 0 Å². The van der Waals surface area contributed by atoms with Crippen LogP contribution in [0.1, 0.15) is 70.0 Å². The van der Waals surface area contributed by atoms with Crippen LogP contribution in [0, 0.1) is 13.8 Å². The summed E-state index contributed by atoms with van der Waals surface area (Å²) in [5, 5.41) is 2.73. The van der Waals surface area contributed by atoms with Gasteiger partial charge in [-0.1, -0.05) is 25.5 Å². The van der Waals surface area contributed by atoms with Crippen LogP contribution in [0.5, 0.6) is 5.75 Å². The predicted molar refractivity (Wildman–Crippen MR) is 143 cm³/mol. The van der Waals surface area contributed by atoms with E-state index in [4.69, 9.17) is 4.74 Å². The lowest BCUT2D eigenvalue weighted by Gasteiger charge is -2.20. The lowest BCUT2D eigenvalue weighted by molar-refractivity contribution is -0.140. The number of carbonyl (C=O) groups is 2. The van der Waals surface area contributed by atoms with E-state index in [2.05, 4.69) is 17.0 Å². The van der Waals surface area contributed by atoms with Gasteiger partial charge < -0.3 is 14.8 Å². The number of alkyl halides is 3. The number of methoxy groups -OCH3 is 1. The van der Waals surface area contributed by atoms with E-state index in [1.807, 2.05) is 32.0 Å². The van der Waals surface area contributed by atoms with Crippen LogP contribution in [0.15, 0.2) is 48.5 Å². The Labute approximate surface area is 225 Å². The third-order valence-electron chi connectivity index (χ3n) is 6.12. The van der Waals surface area contributed by atoms with E-state index in [-0.39, 0.29) is 30.9 Å². The number of hydrogen-bond donors (Lipinski definition) is 1. The fraction of sp³-hybridized carbons (Fsp3) is 0.379. The molecular weight excluding hydrogens is 515 g/mol. The Morgan fingerprint density at radius 3 is 2.26 bits per heavy atom. The van der Waals surface area contributed by atoms with Crippen molar-refractivity contribution in [2.24, 2.45) is 0 Å². The molecule has 1 aromatic heterocycles. The molecule has 1 N–H and O–H groups in total. The zero-order chi connectivity index (χ0) is 27.9. The maximum absolute atomic E-state index is 13.0. The molecule has 0 saturated heterocycles. The number of aryl methyl sites for hydroxylation is 2. The highest BCUT2D eigenvalue weighted by atomic mass is 32.1. The topological polar surface area (TPSA) is 64.6 Å². The summed E-state index contributed by atoms with van der Waals surface area (Å²) in [5.74, 6) is 0.0151. The number of carbonyl (C=O) groups excluding carboxylic acids is 2. The first-order chi connectivity index (χ1) is 18.0. The molecule has 5 nitrogen and oxygen atoms in total. The molecule has 0 saturated carbocycles. The Morgan fingerprint density at radius 2 is 1.68 bits per heavy atom. The average Bonchev–Trinajstić information content (AvgIpc) is 3.36. The molecule has 0 bridgehead atoms. The molecule has 1 amide bonds. The number of amides is 1. The van der Waals surface area contributed by atoms with Crippen LogP contribution in [0.4, 0.5) is 13.2 Å². The minimum atomic E-state index is -4.38. The van der Waals surface area contributed by atoms with Crippen LogP contribution in [-0.4, -0.2) is 25.5 Å². The van der Waals surface area contributed by atoms with Crippen molar-refractivity contribution in [3.8, 4) is 16.9 Å². The number of nitrogens with one attached hydrogen (secondary N) is 1. The Morgan fingerprint density at radius 1 is 1.03 bits per heavy atom. The second-order valence-corrected chi connectivity index (χ2v) is 10.2. The fourth-order valence-corrected chi connectivity index (χ4v) is 5.19. The van der Waals surface area contributed by atoms with Crippen molar-refractivity contribution in [2.45, 2.75) is 58.7 Å². The molecule has 0 spiro atoms. The summed E-state index contributed by atoms with van der Waals surface area (Å²) < 4.78 is 49.9. The largest absolute Gasteiger partial charge is 0.485 e. The van der Waals surface area contributed by atoms with Gasteiger partial charge in [0.2, 0.25) is 0 Å². The van der Waals surface area contributed by atoms with Crippen molar-refractivity contribution in [1.29, 1.82) is 0 Å². The van der Waals surface area contributed by atoms with Gasteiger partial charge in [-0.25, -0.2) is 0 Å². The van der Waals surface area contributed by atoms with Gasteiger partial charge in [0.05, 0.1) is 24.0 Å². The number of thiophene rings is 1. The number of halogens is 3. The van der Waals surface area contributed by atoms with Crippen LogP contribution in [0.2, 0.25) is 0 Å². The van der Waals surface area contributed by atoms with E-state index in [9.17, 15) is 22.8 Å². The Balaban J connectivity index is 1.78. The quantitative estimate of drug-likeness (QED) is 0.250. The Bertz CT molecular complexity index is 1230. The summed E-state index contributed by atoms with van der Waals surface area (Å²) in [7, 11) is 1.30. The summed E-state index contributed by atoms with van der Waals surface area (Å²) in [4.78, 5) is 25.2. The van der Waals surface area contributed by atoms with E-state index in [1.165, 1.54) is 30.6 Å². The molecule has 0 radical (unpaired) electrons. The smallest absolute Gasteiger partial charge is 0.416 e. The second kappa shape index (κ2) is 13.0. The van der Waals surface area contributed by atoms with Gasteiger partial charge in [0.15, 0.2) is 0 Å².